The highest BCUT2D eigenvalue weighted by atomic mass is 79.9. The molecule has 2 rings (SSSR count). The summed E-state index contributed by atoms with van der Waals surface area (Å²) in [7, 11) is 3.45. The van der Waals surface area contributed by atoms with E-state index in [2.05, 4.69) is 21.2 Å². The highest BCUT2D eigenvalue weighted by Crippen LogP contribution is 2.29. The number of piperazine rings is 1. The Bertz CT molecular complexity index is 562. The minimum absolute atomic E-state index is 0.00223. The molecule has 0 aliphatic carbocycles. The van der Waals surface area contributed by atoms with E-state index in [4.69, 9.17) is 5.73 Å². The third-order valence-electron chi connectivity index (χ3n) is 3.52. The molecular formula is C14H19BrN4O2. The van der Waals surface area contributed by atoms with Crippen LogP contribution in [0.1, 0.15) is 10.4 Å². The summed E-state index contributed by atoms with van der Waals surface area (Å²) in [6, 6.07) is 5.09. The second-order valence-corrected chi connectivity index (χ2v) is 6.00. The zero-order chi connectivity index (χ0) is 15.6. The second-order valence-electron chi connectivity index (χ2n) is 5.14. The number of hydrogen-bond donors (Lipinski definition) is 2. The first-order valence-electron chi connectivity index (χ1n) is 6.70. The van der Waals surface area contributed by atoms with Gasteiger partial charge in [-0.3, -0.25) is 9.59 Å². The van der Waals surface area contributed by atoms with Crippen molar-refractivity contribution in [2.75, 3.05) is 38.6 Å². The summed E-state index contributed by atoms with van der Waals surface area (Å²) in [6.07, 6.45) is 0. The van der Waals surface area contributed by atoms with Gasteiger partial charge in [0.05, 0.1) is 11.3 Å². The maximum atomic E-state index is 12.4. The van der Waals surface area contributed by atoms with Crippen molar-refractivity contribution in [3.8, 4) is 0 Å². The van der Waals surface area contributed by atoms with Crippen molar-refractivity contribution >= 4 is 33.4 Å². The molecule has 0 spiro atoms. The van der Waals surface area contributed by atoms with Crippen LogP contribution in [-0.2, 0) is 4.79 Å². The van der Waals surface area contributed by atoms with Gasteiger partial charge in [-0.1, -0.05) is 6.07 Å². The Balaban J connectivity index is 2.45. The normalized spacial score (nSPS) is 18.4. The van der Waals surface area contributed by atoms with Gasteiger partial charge in [0.15, 0.2) is 0 Å². The van der Waals surface area contributed by atoms with Gasteiger partial charge in [-0.15, -0.1) is 0 Å². The molecule has 1 aliphatic heterocycles. The molecule has 1 aliphatic rings. The van der Waals surface area contributed by atoms with Crippen molar-refractivity contribution in [1.29, 1.82) is 0 Å². The van der Waals surface area contributed by atoms with Crippen molar-refractivity contribution in [3.63, 3.8) is 0 Å². The third-order valence-corrected chi connectivity index (χ3v) is 4.18. The van der Waals surface area contributed by atoms with E-state index < -0.39 is 5.91 Å². The van der Waals surface area contributed by atoms with Gasteiger partial charge < -0.3 is 20.9 Å². The van der Waals surface area contributed by atoms with Gasteiger partial charge in [-0.25, -0.2) is 0 Å². The molecule has 1 aromatic carbocycles. The number of nitrogens with zero attached hydrogens (tertiary/aromatic N) is 2. The Morgan fingerprint density at radius 3 is 2.76 bits per heavy atom. The van der Waals surface area contributed by atoms with Gasteiger partial charge in [-0.05, 0) is 28.1 Å². The molecule has 1 atom stereocenters. The maximum Gasteiger partial charge on any atom is 0.251 e. The zero-order valence-electron chi connectivity index (χ0n) is 12.1. The van der Waals surface area contributed by atoms with E-state index in [0.29, 0.717) is 28.8 Å². The van der Waals surface area contributed by atoms with Crippen molar-refractivity contribution in [1.82, 2.24) is 10.2 Å². The zero-order valence-corrected chi connectivity index (χ0v) is 13.7. The van der Waals surface area contributed by atoms with Gasteiger partial charge in [0.1, 0.15) is 6.04 Å². The van der Waals surface area contributed by atoms with Crippen molar-refractivity contribution in [3.05, 3.63) is 28.2 Å². The molecule has 7 heteroatoms. The molecule has 0 bridgehead atoms. The minimum Gasteiger partial charge on any atom is -0.365 e. The Morgan fingerprint density at radius 1 is 1.43 bits per heavy atom. The lowest BCUT2D eigenvalue weighted by molar-refractivity contribution is -0.130. The molecule has 6 nitrogen and oxygen atoms in total. The van der Waals surface area contributed by atoms with Gasteiger partial charge >= 0.3 is 0 Å². The fourth-order valence-corrected chi connectivity index (χ4v) is 3.06. The molecule has 1 heterocycles. The van der Waals surface area contributed by atoms with Crippen LogP contribution in [0.25, 0.3) is 0 Å². The van der Waals surface area contributed by atoms with Crippen LogP contribution in [0.2, 0.25) is 0 Å². The van der Waals surface area contributed by atoms with Crippen molar-refractivity contribution in [2.45, 2.75) is 6.04 Å². The van der Waals surface area contributed by atoms with Crippen LogP contribution in [0.3, 0.4) is 0 Å². The average Bonchev–Trinajstić information content (AvgIpc) is 2.45. The van der Waals surface area contributed by atoms with Crippen LogP contribution in [-0.4, -0.2) is 56.5 Å². The number of rotatable bonds is 3. The number of benzene rings is 1. The van der Waals surface area contributed by atoms with Crippen LogP contribution in [0.4, 0.5) is 5.69 Å². The van der Waals surface area contributed by atoms with Gasteiger partial charge in [-0.2, -0.15) is 0 Å². The lowest BCUT2D eigenvalue weighted by atomic mass is 10.1. The molecule has 21 heavy (non-hydrogen) atoms. The van der Waals surface area contributed by atoms with Gasteiger partial charge in [0.25, 0.3) is 5.91 Å². The van der Waals surface area contributed by atoms with E-state index in [0.717, 1.165) is 6.54 Å². The molecule has 2 amide bonds. The summed E-state index contributed by atoms with van der Waals surface area (Å²) in [5, 5.41) is 3.22. The number of amides is 2. The maximum absolute atomic E-state index is 12.4. The average molecular weight is 355 g/mol. The van der Waals surface area contributed by atoms with E-state index in [1.54, 1.807) is 25.1 Å². The number of likely N-dealkylation sites (N-methyl/N-ethyl adjacent to an activating group) is 1. The Kier molecular flexibility index (Phi) is 4.84. The lowest BCUT2D eigenvalue weighted by Crippen LogP contribution is -2.58. The smallest absolute Gasteiger partial charge is 0.251 e. The van der Waals surface area contributed by atoms with Gasteiger partial charge in [0, 0.05) is 38.2 Å². The number of nitrogens with one attached hydrogen (secondary N) is 1. The highest BCUT2D eigenvalue weighted by Gasteiger charge is 2.32. The van der Waals surface area contributed by atoms with E-state index in [-0.39, 0.29) is 11.9 Å². The monoisotopic (exact) mass is 354 g/mol. The molecule has 1 fully saturated rings. The Morgan fingerprint density at radius 2 is 2.14 bits per heavy atom. The first kappa shape index (κ1) is 15.8. The molecular weight excluding hydrogens is 336 g/mol. The summed E-state index contributed by atoms with van der Waals surface area (Å²) in [4.78, 5) is 27.6. The minimum atomic E-state index is -0.507. The second kappa shape index (κ2) is 6.44. The number of carbonyl (C=O) groups excluding carboxylic acids is 2. The van der Waals surface area contributed by atoms with Crippen molar-refractivity contribution < 1.29 is 9.59 Å². The topological polar surface area (TPSA) is 78.7 Å². The van der Waals surface area contributed by atoms with E-state index in [1.165, 1.54) is 0 Å². The van der Waals surface area contributed by atoms with Crippen LogP contribution >= 0.6 is 15.9 Å². The SMILES string of the molecule is CN(C)C(=O)C1CNCCN1c1cccc(Br)c1C(N)=O. The summed E-state index contributed by atoms with van der Waals surface area (Å²) in [6.45, 7) is 1.94. The Labute approximate surface area is 132 Å². The molecule has 1 aromatic rings. The van der Waals surface area contributed by atoms with Crippen LogP contribution in [0.15, 0.2) is 22.7 Å². The predicted octanol–water partition coefficient (Wildman–Crippen LogP) is 0.414. The number of anilines is 1. The highest BCUT2D eigenvalue weighted by molar-refractivity contribution is 9.10. The lowest BCUT2D eigenvalue weighted by Gasteiger charge is -2.38. The van der Waals surface area contributed by atoms with Crippen molar-refractivity contribution in [2.24, 2.45) is 5.73 Å². The fourth-order valence-electron chi connectivity index (χ4n) is 2.51. The quantitative estimate of drug-likeness (QED) is 0.824. The van der Waals surface area contributed by atoms with Crippen LogP contribution in [0, 0.1) is 0 Å². The van der Waals surface area contributed by atoms with E-state index in [1.807, 2.05) is 17.0 Å². The third kappa shape index (κ3) is 3.19. The predicted molar refractivity (Wildman–Crippen MR) is 85.4 cm³/mol. The molecule has 1 saturated heterocycles. The number of halogens is 1. The summed E-state index contributed by atoms with van der Waals surface area (Å²) >= 11 is 3.36. The summed E-state index contributed by atoms with van der Waals surface area (Å²) in [5.74, 6) is -0.510. The first-order valence-corrected chi connectivity index (χ1v) is 7.49. The summed E-state index contributed by atoms with van der Waals surface area (Å²) in [5.41, 5.74) is 6.60. The van der Waals surface area contributed by atoms with Crippen LogP contribution < -0.4 is 16.0 Å². The standard InChI is InChI=1S/C14H19BrN4O2/c1-18(2)14(21)11-8-17-6-7-19(11)10-5-3-4-9(15)12(10)13(16)20/h3-5,11,17H,6-8H2,1-2H3,(H2,16,20). The first-order chi connectivity index (χ1) is 9.93. The molecule has 3 N–H and O–H groups in total. The molecule has 0 saturated carbocycles. The largest absolute Gasteiger partial charge is 0.365 e. The Hall–Kier alpha value is -1.60. The molecule has 0 aromatic heterocycles. The molecule has 114 valence electrons. The number of primary amides is 1. The van der Waals surface area contributed by atoms with E-state index >= 15 is 0 Å². The fraction of sp³-hybridized carbons (Fsp3) is 0.429. The molecule has 1 unspecified atom stereocenters. The van der Waals surface area contributed by atoms with Crippen LogP contribution in [0.5, 0.6) is 0 Å². The number of carbonyl (C=O) groups is 2. The summed E-state index contributed by atoms with van der Waals surface area (Å²) < 4.78 is 0.641. The van der Waals surface area contributed by atoms with Gasteiger partial charge in [0.2, 0.25) is 5.91 Å². The van der Waals surface area contributed by atoms with E-state index in [9.17, 15) is 9.59 Å². The number of nitrogens with two attached hydrogens (primary N) is 1. The molecule has 0 radical (unpaired) electrons. The number of hydrogen-bond acceptors (Lipinski definition) is 4.